The summed E-state index contributed by atoms with van der Waals surface area (Å²) in [5.74, 6) is 0.744. The molecular formula is C15H20N2OS. The van der Waals surface area contributed by atoms with Crippen molar-refractivity contribution in [2.45, 2.75) is 26.3 Å². The lowest BCUT2D eigenvalue weighted by Gasteiger charge is -2.19. The Bertz CT molecular complexity index is 511. The van der Waals surface area contributed by atoms with E-state index in [2.05, 4.69) is 29.8 Å². The Labute approximate surface area is 118 Å². The molecule has 3 N–H and O–H groups in total. The molecule has 4 heteroatoms. The maximum atomic E-state index is 6.14. The van der Waals surface area contributed by atoms with Crippen LogP contribution in [0, 0.1) is 0 Å². The predicted octanol–water partition coefficient (Wildman–Crippen LogP) is 4.29. The van der Waals surface area contributed by atoms with Gasteiger partial charge in [0.15, 0.2) is 0 Å². The zero-order valence-electron chi connectivity index (χ0n) is 11.3. The third-order valence-electron chi connectivity index (χ3n) is 2.99. The van der Waals surface area contributed by atoms with Gasteiger partial charge in [-0.2, -0.15) is 0 Å². The first-order valence-electron chi connectivity index (χ1n) is 6.57. The van der Waals surface area contributed by atoms with Crippen molar-refractivity contribution in [1.82, 2.24) is 0 Å². The maximum Gasteiger partial charge on any atom is 0.144 e. The van der Waals surface area contributed by atoms with Crippen molar-refractivity contribution in [2.75, 3.05) is 17.7 Å². The fraction of sp³-hybridized carbons (Fsp3) is 0.333. The lowest BCUT2D eigenvalue weighted by Crippen LogP contribution is -2.10. The largest absolute Gasteiger partial charge is 0.492 e. The molecule has 1 aromatic heterocycles. The van der Waals surface area contributed by atoms with Crippen LogP contribution in [0.2, 0.25) is 0 Å². The van der Waals surface area contributed by atoms with E-state index in [0.717, 1.165) is 17.9 Å². The number of nitrogen functional groups attached to an aromatic ring is 1. The Hall–Kier alpha value is -1.68. The number of benzene rings is 1. The second kappa shape index (κ2) is 6.48. The second-order valence-electron chi connectivity index (χ2n) is 4.27. The van der Waals surface area contributed by atoms with E-state index in [-0.39, 0.29) is 0 Å². The molecule has 0 fully saturated rings. The molecule has 1 unspecified atom stereocenters. The van der Waals surface area contributed by atoms with Crippen LogP contribution < -0.4 is 15.8 Å². The summed E-state index contributed by atoms with van der Waals surface area (Å²) in [5.41, 5.74) is 7.76. The predicted molar refractivity (Wildman–Crippen MR) is 83.0 cm³/mol. The SMILES string of the molecule is CCOc1cccc(NC(CC)c2cccs2)c1N. The second-order valence-corrected chi connectivity index (χ2v) is 5.25. The van der Waals surface area contributed by atoms with Gasteiger partial charge >= 0.3 is 0 Å². The Balaban J connectivity index is 2.20. The van der Waals surface area contributed by atoms with E-state index < -0.39 is 0 Å². The minimum absolute atomic E-state index is 0.291. The summed E-state index contributed by atoms with van der Waals surface area (Å²) in [6.45, 7) is 4.75. The minimum atomic E-state index is 0.291. The Kier molecular flexibility index (Phi) is 4.68. The number of hydrogen-bond donors (Lipinski definition) is 2. The normalized spacial score (nSPS) is 12.1. The van der Waals surface area contributed by atoms with Crippen LogP contribution in [-0.2, 0) is 0 Å². The number of anilines is 2. The molecule has 0 saturated heterocycles. The molecule has 0 bridgehead atoms. The van der Waals surface area contributed by atoms with Gasteiger partial charge in [0.2, 0.25) is 0 Å². The molecule has 1 heterocycles. The molecule has 0 aliphatic heterocycles. The van der Waals surface area contributed by atoms with Gasteiger partial charge in [-0.3, -0.25) is 0 Å². The van der Waals surface area contributed by atoms with Crippen molar-refractivity contribution in [1.29, 1.82) is 0 Å². The van der Waals surface area contributed by atoms with Crippen molar-refractivity contribution in [3.8, 4) is 5.75 Å². The maximum absolute atomic E-state index is 6.14. The lowest BCUT2D eigenvalue weighted by molar-refractivity contribution is 0.342. The van der Waals surface area contributed by atoms with Crippen molar-refractivity contribution >= 4 is 22.7 Å². The van der Waals surface area contributed by atoms with Crippen molar-refractivity contribution in [3.05, 3.63) is 40.6 Å². The molecule has 1 atom stereocenters. The van der Waals surface area contributed by atoms with Gasteiger partial charge in [-0.05, 0) is 36.9 Å². The van der Waals surface area contributed by atoms with Crippen LogP contribution in [0.5, 0.6) is 5.75 Å². The summed E-state index contributed by atoms with van der Waals surface area (Å²) in [7, 11) is 0. The van der Waals surface area contributed by atoms with Crippen LogP contribution in [0.15, 0.2) is 35.7 Å². The summed E-state index contributed by atoms with van der Waals surface area (Å²) >= 11 is 1.76. The Morgan fingerprint density at radius 1 is 1.26 bits per heavy atom. The molecule has 19 heavy (non-hydrogen) atoms. The molecule has 1 aromatic carbocycles. The highest BCUT2D eigenvalue weighted by molar-refractivity contribution is 7.10. The summed E-state index contributed by atoms with van der Waals surface area (Å²) in [6.07, 6.45) is 1.01. The monoisotopic (exact) mass is 276 g/mol. The summed E-state index contributed by atoms with van der Waals surface area (Å²) in [6, 6.07) is 10.4. The quantitative estimate of drug-likeness (QED) is 0.774. The Morgan fingerprint density at radius 3 is 2.74 bits per heavy atom. The fourth-order valence-electron chi connectivity index (χ4n) is 2.00. The molecule has 2 rings (SSSR count). The number of rotatable bonds is 6. The van der Waals surface area contributed by atoms with Crippen molar-refractivity contribution in [2.24, 2.45) is 0 Å². The van der Waals surface area contributed by atoms with E-state index in [1.54, 1.807) is 11.3 Å². The van der Waals surface area contributed by atoms with Gasteiger partial charge < -0.3 is 15.8 Å². The van der Waals surface area contributed by atoms with E-state index in [4.69, 9.17) is 10.5 Å². The standard InChI is InChI=1S/C15H20N2OS/c1-3-11(14-9-6-10-19-14)17-12-7-5-8-13(15(12)16)18-4-2/h5-11,17H,3-4,16H2,1-2H3. The van der Waals surface area contributed by atoms with E-state index in [1.807, 2.05) is 25.1 Å². The van der Waals surface area contributed by atoms with E-state index >= 15 is 0 Å². The number of nitrogens with two attached hydrogens (primary N) is 1. The number of ether oxygens (including phenoxy) is 1. The summed E-state index contributed by atoms with van der Waals surface area (Å²) in [5, 5.41) is 5.60. The fourth-order valence-corrected chi connectivity index (χ4v) is 2.86. The molecule has 0 amide bonds. The van der Waals surface area contributed by atoms with Crippen LogP contribution in [0.1, 0.15) is 31.2 Å². The molecule has 3 nitrogen and oxygen atoms in total. The molecular weight excluding hydrogens is 256 g/mol. The van der Waals surface area contributed by atoms with Crippen LogP contribution in [0.25, 0.3) is 0 Å². The van der Waals surface area contributed by atoms with Gasteiger partial charge in [-0.25, -0.2) is 0 Å². The highest BCUT2D eigenvalue weighted by Gasteiger charge is 2.13. The molecule has 2 aromatic rings. The average molecular weight is 276 g/mol. The first-order valence-corrected chi connectivity index (χ1v) is 7.45. The number of para-hydroxylation sites is 1. The smallest absolute Gasteiger partial charge is 0.144 e. The minimum Gasteiger partial charge on any atom is -0.492 e. The van der Waals surface area contributed by atoms with Gasteiger partial charge in [0.25, 0.3) is 0 Å². The first-order chi connectivity index (χ1) is 9.26. The zero-order chi connectivity index (χ0) is 13.7. The molecule has 102 valence electrons. The Morgan fingerprint density at radius 2 is 2.11 bits per heavy atom. The van der Waals surface area contributed by atoms with Gasteiger partial charge in [0, 0.05) is 4.88 Å². The summed E-state index contributed by atoms with van der Waals surface area (Å²) in [4.78, 5) is 1.32. The van der Waals surface area contributed by atoms with Crippen LogP contribution in [-0.4, -0.2) is 6.61 Å². The van der Waals surface area contributed by atoms with Gasteiger partial charge in [-0.1, -0.05) is 19.1 Å². The molecule has 0 spiro atoms. The summed E-state index contributed by atoms with van der Waals surface area (Å²) < 4.78 is 5.52. The van der Waals surface area contributed by atoms with Crippen molar-refractivity contribution in [3.63, 3.8) is 0 Å². The third kappa shape index (κ3) is 3.20. The molecule has 0 radical (unpaired) electrons. The number of thiophene rings is 1. The van der Waals surface area contributed by atoms with E-state index in [9.17, 15) is 0 Å². The topological polar surface area (TPSA) is 47.3 Å². The lowest BCUT2D eigenvalue weighted by atomic mass is 10.1. The van der Waals surface area contributed by atoms with Crippen LogP contribution in [0.3, 0.4) is 0 Å². The third-order valence-corrected chi connectivity index (χ3v) is 3.98. The van der Waals surface area contributed by atoms with Crippen LogP contribution >= 0.6 is 11.3 Å². The van der Waals surface area contributed by atoms with E-state index in [1.165, 1.54) is 4.88 Å². The average Bonchev–Trinajstić information content (AvgIpc) is 2.94. The highest BCUT2D eigenvalue weighted by atomic mass is 32.1. The molecule has 0 aliphatic carbocycles. The molecule has 0 saturated carbocycles. The number of hydrogen-bond acceptors (Lipinski definition) is 4. The van der Waals surface area contributed by atoms with E-state index in [0.29, 0.717) is 18.3 Å². The van der Waals surface area contributed by atoms with Crippen molar-refractivity contribution < 1.29 is 4.74 Å². The number of nitrogens with one attached hydrogen (secondary N) is 1. The van der Waals surface area contributed by atoms with Gasteiger partial charge in [0.1, 0.15) is 5.75 Å². The van der Waals surface area contributed by atoms with Crippen LogP contribution in [0.4, 0.5) is 11.4 Å². The molecule has 0 aliphatic rings. The van der Waals surface area contributed by atoms with Gasteiger partial charge in [0.05, 0.1) is 24.0 Å². The first kappa shape index (κ1) is 13.7. The highest BCUT2D eigenvalue weighted by Crippen LogP contribution is 2.33. The van der Waals surface area contributed by atoms with Gasteiger partial charge in [-0.15, -0.1) is 11.3 Å². The zero-order valence-corrected chi connectivity index (χ0v) is 12.2.